The molecule has 156 valence electrons. The molecule has 0 spiro atoms. The van der Waals surface area contributed by atoms with Gasteiger partial charge in [0.25, 0.3) is 11.1 Å². The van der Waals surface area contributed by atoms with Crippen molar-refractivity contribution >= 4 is 45.9 Å². The van der Waals surface area contributed by atoms with E-state index in [1.165, 1.54) is 9.91 Å². The second kappa shape index (κ2) is 9.13. The van der Waals surface area contributed by atoms with Crippen LogP contribution < -0.4 is 10.3 Å². The number of hydrogen-bond donors (Lipinski definition) is 1. The summed E-state index contributed by atoms with van der Waals surface area (Å²) in [5.41, 5.74) is 3.52. The summed E-state index contributed by atoms with van der Waals surface area (Å²) in [6.07, 6.45) is 0.513. The molecule has 2 aromatic rings. The lowest BCUT2D eigenvalue weighted by atomic mass is 10.1. The van der Waals surface area contributed by atoms with Crippen LogP contribution in [-0.4, -0.2) is 41.8 Å². The Morgan fingerprint density at radius 2 is 1.77 bits per heavy atom. The number of hydrazone groups is 1. The Balaban J connectivity index is 1.74. The first-order valence-electron chi connectivity index (χ1n) is 9.53. The van der Waals surface area contributed by atoms with Gasteiger partial charge in [-0.1, -0.05) is 12.1 Å². The molecule has 3 rings (SSSR count). The third-order valence-electron chi connectivity index (χ3n) is 4.57. The molecule has 0 aliphatic carbocycles. The highest BCUT2D eigenvalue weighted by Crippen LogP contribution is 2.26. The average molecular weight is 425 g/mol. The van der Waals surface area contributed by atoms with Crippen LogP contribution in [0.3, 0.4) is 0 Å². The molecule has 1 aliphatic heterocycles. The molecule has 0 atom stereocenters. The highest BCUT2D eigenvalue weighted by Gasteiger charge is 2.26. The number of carbonyl (C=O) groups excluding carboxylic acids is 3. The fraction of sp³-hybridized carbons (Fsp3) is 0.273. The molecule has 8 heteroatoms. The van der Waals surface area contributed by atoms with Gasteiger partial charge >= 0.3 is 0 Å². The number of hydrogen-bond acceptors (Lipinski definition) is 5. The zero-order chi connectivity index (χ0) is 21.8. The number of amides is 3. The Hall–Kier alpha value is -3.13. The van der Waals surface area contributed by atoms with E-state index >= 15 is 0 Å². The molecule has 0 saturated heterocycles. The Labute approximate surface area is 180 Å². The minimum atomic E-state index is -0.345. The van der Waals surface area contributed by atoms with Gasteiger partial charge in [-0.15, -0.1) is 0 Å². The van der Waals surface area contributed by atoms with Crippen molar-refractivity contribution in [3.8, 4) is 0 Å². The van der Waals surface area contributed by atoms with E-state index in [0.29, 0.717) is 17.1 Å². The van der Waals surface area contributed by atoms with E-state index in [4.69, 9.17) is 0 Å². The fourth-order valence-corrected chi connectivity index (χ4v) is 3.51. The number of thioether (sulfide) groups is 1. The van der Waals surface area contributed by atoms with E-state index < -0.39 is 0 Å². The Morgan fingerprint density at radius 1 is 1.07 bits per heavy atom. The summed E-state index contributed by atoms with van der Waals surface area (Å²) < 4.78 is 0. The molecule has 0 radical (unpaired) electrons. The summed E-state index contributed by atoms with van der Waals surface area (Å²) in [7, 11) is 3.39. The van der Waals surface area contributed by atoms with Crippen molar-refractivity contribution < 1.29 is 14.4 Å². The van der Waals surface area contributed by atoms with Gasteiger partial charge in [0.15, 0.2) is 0 Å². The third-order valence-corrected chi connectivity index (χ3v) is 5.62. The molecule has 1 N–H and O–H groups in total. The van der Waals surface area contributed by atoms with Crippen LogP contribution in [0.15, 0.2) is 52.5 Å². The normalized spacial score (nSPS) is 13.7. The number of benzene rings is 2. The molecule has 0 unspecified atom stereocenters. The van der Waals surface area contributed by atoms with Crippen LogP contribution in [0, 0.1) is 13.8 Å². The monoisotopic (exact) mass is 424 g/mol. The maximum Gasteiger partial charge on any atom is 0.285 e. The maximum atomic E-state index is 12.7. The van der Waals surface area contributed by atoms with Gasteiger partial charge in [-0.2, -0.15) is 5.10 Å². The smallest absolute Gasteiger partial charge is 0.285 e. The van der Waals surface area contributed by atoms with Crippen molar-refractivity contribution in [3.63, 3.8) is 0 Å². The van der Waals surface area contributed by atoms with Gasteiger partial charge in [0.05, 0.1) is 5.69 Å². The van der Waals surface area contributed by atoms with Crippen LogP contribution in [0.4, 0.5) is 16.2 Å². The van der Waals surface area contributed by atoms with Gasteiger partial charge in [0, 0.05) is 37.5 Å². The molecule has 1 heterocycles. The first-order chi connectivity index (χ1) is 14.2. The number of aryl methyl sites for hydroxylation is 2. The zero-order valence-corrected chi connectivity index (χ0v) is 18.2. The number of nitrogens with one attached hydrogen (secondary N) is 1. The number of nitrogens with zero attached hydrogens (tertiary/aromatic N) is 3. The first-order valence-corrected chi connectivity index (χ1v) is 10.3. The van der Waals surface area contributed by atoms with Gasteiger partial charge in [-0.05, 0) is 67.1 Å². The first kappa shape index (κ1) is 21.6. The predicted molar refractivity (Wildman–Crippen MR) is 120 cm³/mol. The second-order valence-corrected chi connectivity index (χ2v) is 8.31. The predicted octanol–water partition coefficient (Wildman–Crippen LogP) is 4.20. The summed E-state index contributed by atoms with van der Waals surface area (Å²) >= 11 is 1.11. The van der Waals surface area contributed by atoms with E-state index in [1.54, 1.807) is 38.4 Å². The molecule has 0 fully saturated rings. The van der Waals surface area contributed by atoms with Crippen molar-refractivity contribution in [3.05, 3.63) is 53.6 Å². The number of rotatable bonds is 4. The van der Waals surface area contributed by atoms with Crippen molar-refractivity contribution in [2.24, 2.45) is 5.10 Å². The van der Waals surface area contributed by atoms with Gasteiger partial charge < -0.3 is 10.2 Å². The highest BCUT2D eigenvalue weighted by atomic mass is 32.2. The van der Waals surface area contributed by atoms with Crippen LogP contribution in [0.25, 0.3) is 0 Å². The number of carbonyl (C=O) groups is 3. The quantitative estimate of drug-likeness (QED) is 0.746. The van der Waals surface area contributed by atoms with E-state index in [2.05, 4.69) is 10.4 Å². The van der Waals surface area contributed by atoms with Crippen LogP contribution in [-0.2, 0) is 9.59 Å². The lowest BCUT2D eigenvalue weighted by Gasteiger charge is -2.24. The third kappa shape index (κ3) is 5.07. The van der Waals surface area contributed by atoms with Crippen molar-refractivity contribution in [1.29, 1.82) is 0 Å². The summed E-state index contributed by atoms with van der Waals surface area (Å²) in [5, 5.41) is 8.41. The molecule has 30 heavy (non-hydrogen) atoms. The summed E-state index contributed by atoms with van der Waals surface area (Å²) in [4.78, 5) is 39.2. The van der Waals surface area contributed by atoms with E-state index in [0.717, 1.165) is 27.8 Å². The summed E-state index contributed by atoms with van der Waals surface area (Å²) in [6.45, 7) is 3.86. The zero-order valence-electron chi connectivity index (χ0n) is 17.4. The molecular weight excluding hydrogens is 400 g/mol. The Bertz CT molecular complexity index is 1020. The van der Waals surface area contributed by atoms with Crippen LogP contribution >= 0.6 is 11.8 Å². The Morgan fingerprint density at radius 3 is 2.43 bits per heavy atom. The standard InChI is InChI=1S/C22H24N4O3S/c1-14-5-6-15(2)19(13-14)26-20(27)12-11-18(24-26)21(28)23-16-7-9-17(10-8-16)30-22(29)25(3)4/h5-10,13H,11-12H2,1-4H3,(H,23,28). The van der Waals surface area contributed by atoms with Crippen LogP contribution in [0.2, 0.25) is 0 Å². The minimum Gasteiger partial charge on any atom is -0.339 e. The van der Waals surface area contributed by atoms with E-state index in [-0.39, 0.29) is 29.9 Å². The van der Waals surface area contributed by atoms with Gasteiger partial charge in [0.1, 0.15) is 5.71 Å². The van der Waals surface area contributed by atoms with E-state index in [1.807, 2.05) is 32.0 Å². The minimum absolute atomic E-state index is 0.0699. The number of anilines is 2. The molecule has 0 aromatic heterocycles. The maximum absolute atomic E-state index is 12.7. The molecule has 0 bridgehead atoms. The fourth-order valence-electron chi connectivity index (χ4n) is 2.85. The van der Waals surface area contributed by atoms with Gasteiger partial charge in [0.2, 0.25) is 5.91 Å². The lowest BCUT2D eigenvalue weighted by molar-refractivity contribution is -0.118. The van der Waals surface area contributed by atoms with Crippen LogP contribution in [0.5, 0.6) is 0 Å². The molecule has 7 nitrogen and oxygen atoms in total. The average Bonchev–Trinajstić information content (AvgIpc) is 2.71. The van der Waals surface area contributed by atoms with Crippen molar-refractivity contribution in [1.82, 2.24) is 4.90 Å². The van der Waals surface area contributed by atoms with Gasteiger partial charge in [-0.25, -0.2) is 5.01 Å². The molecule has 2 aromatic carbocycles. The lowest BCUT2D eigenvalue weighted by Crippen LogP contribution is -2.36. The molecule has 3 amide bonds. The second-order valence-electron chi connectivity index (χ2n) is 7.28. The summed E-state index contributed by atoms with van der Waals surface area (Å²) in [6, 6.07) is 12.8. The molecule has 1 aliphatic rings. The van der Waals surface area contributed by atoms with E-state index in [9.17, 15) is 14.4 Å². The topological polar surface area (TPSA) is 82.1 Å². The molecule has 0 saturated carbocycles. The van der Waals surface area contributed by atoms with Gasteiger partial charge in [-0.3, -0.25) is 14.4 Å². The van der Waals surface area contributed by atoms with Crippen molar-refractivity contribution in [2.45, 2.75) is 31.6 Å². The SMILES string of the molecule is Cc1ccc(C)c(N2N=C(C(=O)Nc3ccc(SC(=O)N(C)C)cc3)CCC2=O)c1. The van der Waals surface area contributed by atoms with Crippen molar-refractivity contribution in [2.75, 3.05) is 24.4 Å². The molecular formula is C22H24N4O3S. The largest absolute Gasteiger partial charge is 0.339 e. The Kier molecular flexibility index (Phi) is 6.56. The highest BCUT2D eigenvalue weighted by molar-refractivity contribution is 8.13. The van der Waals surface area contributed by atoms with Crippen LogP contribution in [0.1, 0.15) is 24.0 Å². The summed E-state index contributed by atoms with van der Waals surface area (Å²) in [5.74, 6) is -0.477.